The fraction of sp³-hybridized carbons (Fsp3) is 0.300. The Hall–Kier alpha value is -2.60. The standard InChI is InChI=1S/C20H22N2O3S/c1-3-11-22(12-4-2)20(24)17-14-8-5-6-10-16(14)26-19(17)21-18(23)15-9-7-13-25-15/h3-4,7,9,13H,1-2,5-6,8,10-12H2,(H,21,23). The number of thiophene rings is 1. The molecule has 2 aromatic rings. The minimum absolute atomic E-state index is 0.0982. The molecule has 2 amide bonds. The maximum Gasteiger partial charge on any atom is 0.291 e. The third-order valence-electron chi connectivity index (χ3n) is 4.34. The highest BCUT2D eigenvalue weighted by molar-refractivity contribution is 7.17. The number of rotatable bonds is 7. The van der Waals surface area contributed by atoms with Crippen molar-refractivity contribution in [3.05, 3.63) is 65.5 Å². The first-order valence-electron chi connectivity index (χ1n) is 8.66. The molecule has 136 valence electrons. The van der Waals surface area contributed by atoms with Crippen LogP contribution in [0.25, 0.3) is 0 Å². The number of furan rings is 1. The first-order valence-corrected chi connectivity index (χ1v) is 9.47. The van der Waals surface area contributed by atoms with E-state index in [0.717, 1.165) is 31.2 Å². The van der Waals surface area contributed by atoms with Crippen LogP contribution in [0, 0.1) is 0 Å². The van der Waals surface area contributed by atoms with Crippen molar-refractivity contribution < 1.29 is 14.0 Å². The summed E-state index contributed by atoms with van der Waals surface area (Å²) in [7, 11) is 0. The van der Waals surface area contributed by atoms with Crippen LogP contribution in [0.4, 0.5) is 5.00 Å². The molecule has 2 heterocycles. The van der Waals surface area contributed by atoms with E-state index in [1.54, 1.807) is 29.2 Å². The summed E-state index contributed by atoms with van der Waals surface area (Å²) in [5.41, 5.74) is 1.67. The van der Waals surface area contributed by atoms with Crippen molar-refractivity contribution >= 4 is 28.2 Å². The highest BCUT2D eigenvalue weighted by Gasteiger charge is 2.29. The maximum absolute atomic E-state index is 13.2. The fourth-order valence-electron chi connectivity index (χ4n) is 3.16. The molecule has 26 heavy (non-hydrogen) atoms. The van der Waals surface area contributed by atoms with E-state index in [0.29, 0.717) is 23.7 Å². The molecule has 0 spiro atoms. The van der Waals surface area contributed by atoms with Crippen molar-refractivity contribution in [3.63, 3.8) is 0 Å². The van der Waals surface area contributed by atoms with Crippen LogP contribution in [0.5, 0.6) is 0 Å². The predicted molar refractivity (Wildman–Crippen MR) is 104 cm³/mol. The quantitative estimate of drug-likeness (QED) is 0.740. The second kappa shape index (κ2) is 8.19. The average molecular weight is 370 g/mol. The number of nitrogens with one attached hydrogen (secondary N) is 1. The molecule has 0 fully saturated rings. The smallest absolute Gasteiger partial charge is 0.291 e. The van der Waals surface area contributed by atoms with Crippen LogP contribution in [-0.2, 0) is 12.8 Å². The van der Waals surface area contributed by atoms with Gasteiger partial charge in [0.05, 0.1) is 11.8 Å². The summed E-state index contributed by atoms with van der Waals surface area (Å²) in [6.45, 7) is 8.32. The van der Waals surface area contributed by atoms with Gasteiger partial charge in [-0.3, -0.25) is 9.59 Å². The lowest BCUT2D eigenvalue weighted by Crippen LogP contribution is -2.32. The number of carbonyl (C=O) groups excluding carboxylic acids is 2. The molecule has 1 aliphatic carbocycles. The van der Waals surface area contributed by atoms with E-state index in [4.69, 9.17) is 4.42 Å². The summed E-state index contributed by atoms with van der Waals surface area (Å²) in [4.78, 5) is 28.5. The lowest BCUT2D eigenvalue weighted by Gasteiger charge is -2.21. The van der Waals surface area contributed by atoms with Gasteiger partial charge in [-0.25, -0.2) is 0 Å². The zero-order valence-corrected chi connectivity index (χ0v) is 15.4. The summed E-state index contributed by atoms with van der Waals surface area (Å²) >= 11 is 1.50. The van der Waals surface area contributed by atoms with Gasteiger partial charge in [0.15, 0.2) is 5.76 Å². The highest BCUT2D eigenvalue weighted by atomic mass is 32.1. The molecule has 1 N–H and O–H groups in total. The van der Waals surface area contributed by atoms with Gasteiger partial charge in [0.25, 0.3) is 11.8 Å². The molecule has 0 saturated heterocycles. The van der Waals surface area contributed by atoms with Crippen molar-refractivity contribution in [2.45, 2.75) is 25.7 Å². The van der Waals surface area contributed by atoms with E-state index >= 15 is 0 Å². The summed E-state index contributed by atoms with van der Waals surface area (Å²) < 4.78 is 5.17. The number of fused-ring (bicyclic) bond motifs is 1. The van der Waals surface area contributed by atoms with Gasteiger partial charge < -0.3 is 14.6 Å². The summed E-state index contributed by atoms with van der Waals surface area (Å²) in [6, 6.07) is 3.27. The van der Waals surface area contributed by atoms with E-state index < -0.39 is 0 Å². The third-order valence-corrected chi connectivity index (χ3v) is 5.55. The second-order valence-corrected chi connectivity index (χ2v) is 7.24. The number of hydrogen-bond acceptors (Lipinski definition) is 4. The van der Waals surface area contributed by atoms with Crippen LogP contribution in [0.3, 0.4) is 0 Å². The van der Waals surface area contributed by atoms with Gasteiger partial charge in [-0.05, 0) is 43.4 Å². The lowest BCUT2D eigenvalue weighted by molar-refractivity contribution is 0.0791. The van der Waals surface area contributed by atoms with Gasteiger partial charge in [0.2, 0.25) is 0 Å². The molecule has 1 aliphatic rings. The van der Waals surface area contributed by atoms with Crippen LogP contribution < -0.4 is 5.32 Å². The molecule has 6 heteroatoms. The molecule has 0 unspecified atom stereocenters. The molecule has 5 nitrogen and oxygen atoms in total. The number of amides is 2. The molecule has 0 atom stereocenters. The minimum Gasteiger partial charge on any atom is -0.459 e. The first-order chi connectivity index (χ1) is 12.7. The molecule has 0 saturated carbocycles. The summed E-state index contributed by atoms with van der Waals surface area (Å²) in [5.74, 6) is -0.218. The largest absolute Gasteiger partial charge is 0.459 e. The Morgan fingerprint density at radius 2 is 1.96 bits per heavy atom. The minimum atomic E-state index is -0.346. The van der Waals surface area contributed by atoms with E-state index in [9.17, 15) is 9.59 Å². The number of hydrogen-bond donors (Lipinski definition) is 1. The van der Waals surface area contributed by atoms with Gasteiger partial charge in [-0.2, -0.15) is 0 Å². The zero-order chi connectivity index (χ0) is 18.5. The second-order valence-electron chi connectivity index (χ2n) is 6.13. The molecule has 3 rings (SSSR count). The Bertz CT molecular complexity index is 810. The van der Waals surface area contributed by atoms with Crippen molar-refractivity contribution in [1.29, 1.82) is 0 Å². The summed E-state index contributed by atoms with van der Waals surface area (Å²) in [5, 5.41) is 3.48. The van der Waals surface area contributed by atoms with Gasteiger partial charge in [0, 0.05) is 18.0 Å². The van der Waals surface area contributed by atoms with Gasteiger partial charge in [0.1, 0.15) is 5.00 Å². The molecular formula is C20H22N2O3S. The average Bonchev–Trinajstić information content (AvgIpc) is 3.28. The monoisotopic (exact) mass is 370 g/mol. The Morgan fingerprint density at radius 3 is 2.62 bits per heavy atom. The summed E-state index contributed by atoms with van der Waals surface area (Å²) in [6.07, 6.45) is 8.81. The topological polar surface area (TPSA) is 62.6 Å². The van der Waals surface area contributed by atoms with E-state index in [-0.39, 0.29) is 17.6 Å². The van der Waals surface area contributed by atoms with Crippen molar-refractivity contribution in [2.75, 3.05) is 18.4 Å². The maximum atomic E-state index is 13.2. The third kappa shape index (κ3) is 3.65. The lowest BCUT2D eigenvalue weighted by atomic mass is 9.95. The number of anilines is 1. The van der Waals surface area contributed by atoms with E-state index in [1.807, 2.05) is 0 Å². The molecule has 0 aliphatic heterocycles. The van der Waals surface area contributed by atoms with Crippen molar-refractivity contribution in [3.8, 4) is 0 Å². The van der Waals surface area contributed by atoms with Crippen LogP contribution in [0.2, 0.25) is 0 Å². The highest BCUT2D eigenvalue weighted by Crippen LogP contribution is 2.39. The Kier molecular flexibility index (Phi) is 5.73. The zero-order valence-electron chi connectivity index (χ0n) is 14.6. The molecule has 0 radical (unpaired) electrons. The van der Waals surface area contributed by atoms with Crippen molar-refractivity contribution in [1.82, 2.24) is 4.90 Å². The molecule has 0 aromatic carbocycles. The fourth-order valence-corrected chi connectivity index (χ4v) is 4.44. The Labute approximate surface area is 157 Å². The van der Waals surface area contributed by atoms with Crippen LogP contribution in [0.15, 0.2) is 48.1 Å². The Morgan fingerprint density at radius 1 is 1.23 bits per heavy atom. The first kappa shape index (κ1) is 18.2. The predicted octanol–water partition coefficient (Wildman–Crippen LogP) is 4.29. The Balaban J connectivity index is 1.97. The molecular weight excluding hydrogens is 348 g/mol. The van der Waals surface area contributed by atoms with Crippen LogP contribution in [0.1, 0.15) is 44.2 Å². The SMILES string of the molecule is C=CCN(CC=C)C(=O)c1c(NC(=O)c2ccco2)sc2c1CCCC2. The van der Waals surface area contributed by atoms with E-state index in [1.165, 1.54) is 22.5 Å². The van der Waals surface area contributed by atoms with E-state index in [2.05, 4.69) is 18.5 Å². The van der Waals surface area contributed by atoms with Gasteiger partial charge in [-0.1, -0.05) is 12.2 Å². The number of nitrogens with zero attached hydrogens (tertiary/aromatic N) is 1. The van der Waals surface area contributed by atoms with Crippen molar-refractivity contribution in [2.24, 2.45) is 0 Å². The van der Waals surface area contributed by atoms with Gasteiger partial charge >= 0.3 is 0 Å². The van der Waals surface area contributed by atoms with Crippen LogP contribution >= 0.6 is 11.3 Å². The van der Waals surface area contributed by atoms with Gasteiger partial charge in [-0.15, -0.1) is 24.5 Å². The van der Waals surface area contributed by atoms with Crippen LogP contribution in [-0.4, -0.2) is 29.8 Å². The number of aryl methyl sites for hydroxylation is 1. The number of carbonyl (C=O) groups is 2. The molecule has 2 aromatic heterocycles. The normalized spacial score (nSPS) is 12.9. The molecule has 0 bridgehead atoms.